The lowest BCUT2D eigenvalue weighted by Gasteiger charge is -2.31. The molecule has 0 aromatic rings. The molecule has 0 rings (SSSR count). The third-order valence-corrected chi connectivity index (χ3v) is 1.72. The van der Waals surface area contributed by atoms with E-state index >= 15 is 0 Å². The van der Waals surface area contributed by atoms with Crippen molar-refractivity contribution in [2.24, 2.45) is 0 Å². The Labute approximate surface area is 64.1 Å². The fraction of sp³-hybridized carbons (Fsp3) is 0.750. The Hall–Kier alpha value is -0.340. The fourth-order valence-corrected chi connectivity index (χ4v) is 0.528. The molecule has 10 heavy (non-hydrogen) atoms. The molecular weight excluding hydrogens is 124 g/mol. The zero-order chi connectivity index (χ0) is 8.20. The molecule has 1 unspecified atom stereocenters. The first kappa shape index (κ1) is 9.66. The Morgan fingerprint density at radius 1 is 1.50 bits per heavy atom. The second-order valence-electron chi connectivity index (χ2n) is 3.49. The van der Waals surface area contributed by atoms with Crippen molar-refractivity contribution in [1.82, 2.24) is 5.32 Å². The van der Waals surface area contributed by atoms with Crippen molar-refractivity contribution in [3.63, 3.8) is 0 Å². The summed E-state index contributed by atoms with van der Waals surface area (Å²) in [6, 6.07) is 0. The molecule has 0 aromatic carbocycles. The van der Waals surface area contributed by atoms with Gasteiger partial charge in [0.2, 0.25) is 0 Å². The number of quaternary nitrogens is 1. The Morgan fingerprint density at radius 3 is 2.30 bits per heavy atom. The van der Waals surface area contributed by atoms with Gasteiger partial charge >= 0.3 is 0 Å². The van der Waals surface area contributed by atoms with Gasteiger partial charge in [0.15, 0.2) is 0 Å². The van der Waals surface area contributed by atoms with E-state index in [1.54, 1.807) is 0 Å². The molecular formula is C8H19N2+. The minimum absolute atomic E-state index is 0.484. The molecule has 0 radical (unpaired) electrons. The lowest BCUT2D eigenvalue weighted by Crippen LogP contribution is -2.51. The van der Waals surface area contributed by atoms with Crippen LogP contribution >= 0.6 is 0 Å². The van der Waals surface area contributed by atoms with Crippen LogP contribution in [0.3, 0.4) is 0 Å². The zero-order valence-electron chi connectivity index (χ0n) is 7.52. The molecule has 60 valence electrons. The molecule has 0 aliphatic heterocycles. The maximum absolute atomic E-state index is 3.65. The topological polar surface area (TPSA) is 12.0 Å². The number of nitrogens with zero attached hydrogens (tertiary/aromatic N) is 1. The number of nitrogens with one attached hydrogen (secondary N) is 1. The molecule has 0 saturated heterocycles. The van der Waals surface area contributed by atoms with E-state index in [9.17, 15) is 0 Å². The van der Waals surface area contributed by atoms with Crippen LogP contribution in [0.5, 0.6) is 0 Å². The minimum Gasteiger partial charge on any atom is -0.316 e. The summed E-state index contributed by atoms with van der Waals surface area (Å²) in [6.07, 6.45) is 2.37. The smallest absolute Gasteiger partial charge is 0.139 e. The van der Waals surface area contributed by atoms with E-state index in [0.717, 1.165) is 11.0 Å². The molecule has 0 aliphatic carbocycles. The van der Waals surface area contributed by atoms with Gasteiger partial charge in [-0.3, -0.25) is 5.32 Å². The number of hydrogen-bond donors (Lipinski definition) is 1. The van der Waals surface area contributed by atoms with Crippen LogP contribution in [0.2, 0.25) is 0 Å². The van der Waals surface area contributed by atoms with E-state index in [2.05, 4.69) is 40.0 Å². The van der Waals surface area contributed by atoms with E-state index in [-0.39, 0.29) is 0 Å². The molecule has 0 fully saturated rings. The van der Waals surface area contributed by atoms with Crippen molar-refractivity contribution in [2.45, 2.75) is 13.1 Å². The SMILES string of the molecule is C=CCNC(C)[N+](C)(C)C. The molecule has 1 atom stereocenters. The van der Waals surface area contributed by atoms with Gasteiger partial charge in [-0.05, 0) is 0 Å². The Kier molecular flexibility index (Phi) is 3.61. The molecule has 0 bridgehead atoms. The van der Waals surface area contributed by atoms with Crippen LogP contribution in [-0.2, 0) is 0 Å². The lowest BCUT2D eigenvalue weighted by atomic mass is 10.4. The van der Waals surface area contributed by atoms with Crippen LogP contribution in [-0.4, -0.2) is 38.3 Å². The maximum Gasteiger partial charge on any atom is 0.139 e. The van der Waals surface area contributed by atoms with Gasteiger partial charge in [-0.2, -0.15) is 0 Å². The molecule has 1 N–H and O–H groups in total. The Bertz CT molecular complexity index is 102. The molecule has 2 heteroatoms. The molecule has 0 aromatic heterocycles. The Morgan fingerprint density at radius 2 is 2.00 bits per heavy atom. The summed E-state index contributed by atoms with van der Waals surface area (Å²) >= 11 is 0. The average Bonchev–Trinajstić information content (AvgIpc) is 1.80. The van der Waals surface area contributed by atoms with Crippen molar-refractivity contribution < 1.29 is 4.48 Å². The largest absolute Gasteiger partial charge is 0.316 e. The normalized spacial score (nSPS) is 14.8. The van der Waals surface area contributed by atoms with Gasteiger partial charge in [-0.25, -0.2) is 0 Å². The highest BCUT2D eigenvalue weighted by Crippen LogP contribution is 1.96. The van der Waals surface area contributed by atoms with Crippen molar-refractivity contribution in [3.05, 3.63) is 12.7 Å². The van der Waals surface area contributed by atoms with Crippen molar-refractivity contribution in [2.75, 3.05) is 27.7 Å². The first-order valence-electron chi connectivity index (χ1n) is 3.64. The Balaban J connectivity index is 3.61. The van der Waals surface area contributed by atoms with Gasteiger partial charge in [0.25, 0.3) is 0 Å². The quantitative estimate of drug-likeness (QED) is 0.349. The molecule has 2 nitrogen and oxygen atoms in total. The van der Waals surface area contributed by atoms with Gasteiger partial charge in [-0.1, -0.05) is 6.08 Å². The van der Waals surface area contributed by atoms with Crippen LogP contribution in [0.4, 0.5) is 0 Å². The lowest BCUT2D eigenvalue weighted by molar-refractivity contribution is -0.897. The third-order valence-electron chi connectivity index (χ3n) is 1.72. The first-order valence-corrected chi connectivity index (χ1v) is 3.64. The highest BCUT2D eigenvalue weighted by atomic mass is 15.4. The molecule has 0 amide bonds. The van der Waals surface area contributed by atoms with E-state index in [4.69, 9.17) is 0 Å². The van der Waals surface area contributed by atoms with E-state index in [1.807, 2.05) is 6.08 Å². The van der Waals surface area contributed by atoms with Gasteiger partial charge in [0, 0.05) is 13.5 Å². The van der Waals surface area contributed by atoms with Crippen LogP contribution in [0.1, 0.15) is 6.92 Å². The van der Waals surface area contributed by atoms with Crippen molar-refractivity contribution in [1.29, 1.82) is 0 Å². The number of hydrogen-bond acceptors (Lipinski definition) is 1. The zero-order valence-corrected chi connectivity index (χ0v) is 7.52. The van der Waals surface area contributed by atoms with Gasteiger partial charge in [-0.15, -0.1) is 6.58 Å². The fourth-order valence-electron chi connectivity index (χ4n) is 0.528. The summed E-state index contributed by atoms with van der Waals surface area (Å²) in [4.78, 5) is 0. The van der Waals surface area contributed by atoms with Gasteiger partial charge in [0.1, 0.15) is 6.17 Å². The van der Waals surface area contributed by atoms with Gasteiger partial charge in [0.05, 0.1) is 21.1 Å². The second kappa shape index (κ2) is 3.74. The van der Waals surface area contributed by atoms with E-state index < -0.39 is 0 Å². The summed E-state index contributed by atoms with van der Waals surface area (Å²) in [5, 5.41) is 3.33. The summed E-state index contributed by atoms with van der Waals surface area (Å²) < 4.78 is 0.938. The summed E-state index contributed by atoms with van der Waals surface area (Å²) in [5.41, 5.74) is 0. The monoisotopic (exact) mass is 143 g/mol. The highest BCUT2D eigenvalue weighted by Gasteiger charge is 2.15. The van der Waals surface area contributed by atoms with Crippen LogP contribution < -0.4 is 5.32 Å². The molecule has 0 spiro atoms. The minimum atomic E-state index is 0.484. The van der Waals surface area contributed by atoms with Crippen molar-refractivity contribution in [3.8, 4) is 0 Å². The summed E-state index contributed by atoms with van der Waals surface area (Å²) in [6.45, 7) is 6.70. The van der Waals surface area contributed by atoms with Crippen LogP contribution in [0.15, 0.2) is 12.7 Å². The summed E-state index contributed by atoms with van der Waals surface area (Å²) in [5.74, 6) is 0. The molecule has 0 heterocycles. The van der Waals surface area contributed by atoms with Gasteiger partial charge < -0.3 is 4.48 Å². The first-order chi connectivity index (χ1) is 4.48. The average molecular weight is 143 g/mol. The van der Waals surface area contributed by atoms with Crippen LogP contribution in [0, 0.1) is 0 Å². The molecule has 0 saturated carbocycles. The highest BCUT2D eigenvalue weighted by molar-refractivity contribution is 4.69. The van der Waals surface area contributed by atoms with Crippen LogP contribution in [0.25, 0.3) is 0 Å². The van der Waals surface area contributed by atoms with E-state index in [1.165, 1.54) is 0 Å². The third kappa shape index (κ3) is 3.64. The number of rotatable bonds is 4. The standard InChI is InChI=1S/C8H19N2/c1-6-7-9-8(2)10(3,4)5/h6,8-9H,1,7H2,2-5H3/q+1. The molecule has 0 aliphatic rings. The summed E-state index contributed by atoms with van der Waals surface area (Å²) in [7, 11) is 6.50. The van der Waals surface area contributed by atoms with Crippen molar-refractivity contribution >= 4 is 0 Å². The maximum atomic E-state index is 3.65. The second-order valence-corrected chi connectivity index (χ2v) is 3.49. The van der Waals surface area contributed by atoms with E-state index in [0.29, 0.717) is 6.17 Å². The predicted octanol–water partition coefficient (Wildman–Crippen LogP) is 0.814. The predicted molar refractivity (Wildman–Crippen MR) is 45.7 cm³/mol.